The molecule has 2 heterocycles. The van der Waals surface area contributed by atoms with E-state index in [1.165, 1.54) is 0 Å². The first-order chi connectivity index (χ1) is 8.15. The standard InChI is InChI=1S/C13H20N2O2/c1-2-3-4-12(17)15-7-5-13(6-8-15)9-11(16)14-10-13/h2-3H,4-10H2,1H3,(H,14,16). The van der Waals surface area contributed by atoms with Crippen molar-refractivity contribution in [1.82, 2.24) is 10.2 Å². The van der Waals surface area contributed by atoms with Gasteiger partial charge >= 0.3 is 0 Å². The maximum Gasteiger partial charge on any atom is 0.226 e. The van der Waals surface area contributed by atoms with Crippen molar-refractivity contribution in [2.45, 2.75) is 32.6 Å². The smallest absolute Gasteiger partial charge is 0.226 e. The van der Waals surface area contributed by atoms with E-state index in [-0.39, 0.29) is 17.2 Å². The van der Waals surface area contributed by atoms with Crippen molar-refractivity contribution in [3.05, 3.63) is 12.2 Å². The summed E-state index contributed by atoms with van der Waals surface area (Å²) >= 11 is 0. The Kier molecular flexibility index (Phi) is 3.50. The Hall–Kier alpha value is -1.32. The molecule has 1 spiro atoms. The third kappa shape index (κ3) is 2.68. The molecule has 2 fully saturated rings. The Bertz CT molecular complexity index is 341. The van der Waals surface area contributed by atoms with Crippen molar-refractivity contribution < 1.29 is 9.59 Å². The van der Waals surface area contributed by atoms with E-state index in [4.69, 9.17) is 0 Å². The average Bonchev–Trinajstić information content (AvgIpc) is 2.68. The van der Waals surface area contributed by atoms with Crippen molar-refractivity contribution in [2.24, 2.45) is 5.41 Å². The minimum absolute atomic E-state index is 0.133. The number of piperidine rings is 1. The number of nitrogens with one attached hydrogen (secondary N) is 1. The van der Waals surface area contributed by atoms with E-state index in [9.17, 15) is 9.59 Å². The molecule has 4 nitrogen and oxygen atoms in total. The van der Waals surface area contributed by atoms with Gasteiger partial charge in [0.1, 0.15) is 0 Å². The van der Waals surface area contributed by atoms with E-state index in [0.717, 1.165) is 32.5 Å². The monoisotopic (exact) mass is 236 g/mol. The Labute approximate surface area is 102 Å². The van der Waals surface area contributed by atoms with Gasteiger partial charge in [0.2, 0.25) is 11.8 Å². The second-order valence-corrected chi connectivity index (χ2v) is 5.11. The summed E-state index contributed by atoms with van der Waals surface area (Å²) in [5.74, 6) is 0.369. The highest BCUT2D eigenvalue weighted by Crippen LogP contribution is 2.37. The van der Waals surface area contributed by atoms with Crippen molar-refractivity contribution in [3.8, 4) is 0 Å². The molecular weight excluding hydrogens is 216 g/mol. The van der Waals surface area contributed by atoms with Crippen LogP contribution in [0.5, 0.6) is 0 Å². The van der Waals surface area contributed by atoms with Crippen molar-refractivity contribution in [1.29, 1.82) is 0 Å². The lowest BCUT2D eigenvalue weighted by Gasteiger charge is -2.38. The molecule has 2 aliphatic heterocycles. The molecule has 2 rings (SSSR count). The van der Waals surface area contributed by atoms with Gasteiger partial charge in [0.05, 0.1) is 0 Å². The molecule has 0 aliphatic carbocycles. The van der Waals surface area contributed by atoms with Crippen LogP contribution in [0.4, 0.5) is 0 Å². The summed E-state index contributed by atoms with van der Waals surface area (Å²) in [6, 6.07) is 0. The maximum absolute atomic E-state index is 11.8. The van der Waals surface area contributed by atoms with Crippen LogP contribution in [-0.2, 0) is 9.59 Å². The molecular formula is C13H20N2O2. The lowest BCUT2D eigenvalue weighted by Crippen LogP contribution is -2.43. The normalized spacial score (nSPS) is 23.4. The average molecular weight is 236 g/mol. The van der Waals surface area contributed by atoms with Crippen LogP contribution in [0.15, 0.2) is 12.2 Å². The van der Waals surface area contributed by atoms with Gasteiger partial charge in [-0.1, -0.05) is 12.2 Å². The topological polar surface area (TPSA) is 49.4 Å². The van der Waals surface area contributed by atoms with Gasteiger partial charge in [-0.3, -0.25) is 9.59 Å². The van der Waals surface area contributed by atoms with Crippen molar-refractivity contribution in [2.75, 3.05) is 19.6 Å². The summed E-state index contributed by atoms with van der Waals surface area (Å²) in [5, 5.41) is 2.90. The van der Waals surface area contributed by atoms with Gasteiger partial charge in [0, 0.05) is 32.5 Å². The van der Waals surface area contributed by atoms with Crippen LogP contribution < -0.4 is 5.32 Å². The van der Waals surface area contributed by atoms with Gasteiger partial charge in [0.25, 0.3) is 0 Å². The third-order valence-electron chi connectivity index (χ3n) is 3.90. The number of rotatable bonds is 2. The number of carbonyl (C=O) groups excluding carboxylic acids is 2. The minimum atomic E-state index is 0.133. The fourth-order valence-electron chi connectivity index (χ4n) is 2.68. The largest absolute Gasteiger partial charge is 0.356 e. The van der Waals surface area contributed by atoms with Crippen LogP contribution in [0.3, 0.4) is 0 Å². The third-order valence-corrected chi connectivity index (χ3v) is 3.90. The van der Waals surface area contributed by atoms with Gasteiger partial charge in [-0.05, 0) is 25.2 Å². The Morgan fingerprint density at radius 1 is 1.47 bits per heavy atom. The second kappa shape index (κ2) is 4.90. The van der Waals surface area contributed by atoms with E-state index in [0.29, 0.717) is 12.8 Å². The zero-order valence-corrected chi connectivity index (χ0v) is 10.4. The molecule has 0 aromatic rings. The van der Waals surface area contributed by atoms with Crippen LogP contribution >= 0.6 is 0 Å². The molecule has 2 amide bonds. The molecule has 0 aromatic carbocycles. The van der Waals surface area contributed by atoms with Gasteiger partial charge < -0.3 is 10.2 Å². The Balaban J connectivity index is 1.85. The minimum Gasteiger partial charge on any atom is -0.356 e. The Morgan fingerprint density at radius 2 is 2.18 bits per heavy atom. The number of allylic oxidation sites excluding steroid dienone is 1. The van der Waals surface area contributed by atoms with Crippen LogP contribution in [0.1, 0.15) is 32.6 Å². The summed E-state index contributed by atoms with van der Waals surface area (Å²) in [6.07, 6.45) is 6.85. The highest BCUT2D eigenvalue weighted by atomic mass is 16.2. The molecule has 2 aliphatic rings. The SMILES string of the molecule is CC=CCC(=O)N1CCC2(CC1)CNC(=O)C2. The molecule has 0 bridgehead atoms. The number of amides is 2. The summed E-state index contributed by atoms with van der Waals surface area (Å²) in [5.41, 5.74) is 0.133. The predicted octanol–water partition coefficient (Wildman–Crippen LogP) is 1.08. The molecule has 94 valence electrons. The molecule has 17 heavy (non-hydrogen) atoms. The number of hydrogen-bond acceptors (Lipinski definition) is 2. The van der Waals surface area contributed by atoms with E-state index in [1.54, 1.807) is 0 Å². The summed E-state index contributed by atoms with van der Waals surface area (Å²) in [6.45, 7) is 4.31. The summed E-state index contributed by atoms with van der Waals surface area (Å²) in [7, 11) is 0. The lowest BCUT2D eigenvalue weighted by molar-refractivity contribution is -0.132. The molecule has 4 heteroatoms. The second-order valence-electron chi connectivity index (χ2n) is 5.11. The maximum atomic E-state index is 11.8. The zero-order valence-electron chi connectivity index (χ0n) is 10.4. The fraction of sp³-hybridized carbons (Fsp3) is 0.692. The number of carbonyl (C=O) groups is 2. The quantitative estimate of drug-likeness (QED) is 0.729. The van der Waals surface area contributed by atoms with Gasteiger partial charge in [-0.15, -0.1) is 0 Å². The first-order valence-electron chi connectivity index (χ1n) is 6.31. The lowest BCUT2D eigenvalue weighted by atomic mass is 9.77. The highest BCUT2D eigenvalue weighted by molar-refractivity contribution is 5.80. The predicted molar refractivity (Wildman–Crippen MR) is 65.3 cm³/mol. The van der Waals surface area contributed by atoms with Crippen LogP contribution in [0.25, 0.3) is 0 Å². The van der Waals surface area contributed by atoms with E-state index >= 15 is 0 Å². The van der Waals surface area contributed by atoms with Crippen LogP contribution in [0, 0.1) is 5.41 Å². The van der Waals surface area contributed by atoms with Gasteiger partial charge in [-0.25, -0.2) is 0 Å². The first-order valence-corrected chi connectivity index (χ1v) is 6.31. The molecule has 1 N–H and O–H groups in total. The molecule has 0 aromatic heterocycles. The van der Waals surface area contributed by atoms with Crippen molar-refractivity contribution in [3.63, 3.8) is 0 Å². The zero-order chi connectivity index (χ0) is 12.3. The van der Waals surface area contributed by atoms with Gasteiger partial charge in [-0.2, -0.15) is 0 Å². The van der Waals surface area contributed by atoms with E-state index in [2.05, 4.69) is 5.32 Å². The first kappa shape index (κ1) is 12.1. The Morgan fingerprint density at radius 3 is 2.71 bits per heavy atom. The number of nitrogens with zero attached hydrogens (tertiary/aromatic N) is 1. The number of hydrogen-bond donors (Lipinski definition) is 1. The van der Waals surface area contributed by atoms with E-state index in [1.807, 2.05) is 24.0 Å². The molecule has 0 radical (unpaired) electrons. The van der Waals surface area contributed by atoms with Crippen LogP contribution in [-0.4, -0.2) is 36.3 Å². The number of likely N-dealkylation sites (tertiary alicyclic amines) is 1. The molecule has 2 saturated heterocycles. The molecule has 0 saturated carbocycles. The molecule has 0 unspecified atom stereocenters. The fourth-order valence-corrected chi connectivity index (χ4v) is 2.68. The summed E-state index contributed by atoms with van der Waals surface area (Å²) < 4.78 is 0. The molecule has 0 atom stereocenters. The van der Waals surface area contributed by atoms with E-state index < -0.39 is 0 Å². The van der Waals surface area contributed by atoms with Crippen LogP contribution in [0.2, 0.25) is 0 Å². The highest BCUT2D eigenvalue weighted by Gasteiger charge is 2.41. The van der Waals surface area contributed by atoms with Crippen molar-refractivity contribution >= 4 is 11.8 Å². The summed E-state index contributed by atoms with van der Waals surface area (Å²) in [4.78, 5) is 25.0. The van der Waals surface area contributed by atoms with Gasteiger partial charge in [0.15, 0.2) is 0 Å².